The Morgan fingerprint density at radius 1 is 1.30 bits per heavy atom. The van der Waals surface area contributed by atoms with Crippen molar-refractivity contribution < 1.29 is 22.9 Å². The van der Waals surface area contributed by atoms with Crippen molar-refractivity contribution in [3.8, 4) is 0 Å². The summed E-state index contributed by atoms with van der Waals surface area (Å²) in [5.74, 6) is -0.179. The lowest BCUT2D eigenvalue weighted by molar-refractivity contribution is -0.387. The summed E-state index contributed by atoms with van der Waals surface area (Å²) in [4.78, 5) is 22.0. The van der Waals surface area contributed by atoms with Crippen LogP contribution in [0.1, 0.15) is 6.42 Å². The Morgan fingerprint density at radius 3 is 2.65 bits per heavy atom. The number of nitrogens with zero attached hydrogens (tertiary/aromatic N) is 2. The predicted molar refractivity (Wildman–Crippen MR) is 79.3 cm³/mol. The second-order valence-electron chi connectivity index (χ2n) is 5.33. The van der Waals surface area contributed by atoms with Gasteiger partial charge in [-0.05, 0) is 6.07 Å². The number of para-hydroxylation sites is 1. The van der Waals surface area contributed by atoms with Gasteiger partial charge in [0.15, 0.2) is 10.7 Å². The molecule has 23 heavy (non-hydrogen) atoms. The Bertz CT molecular complexity index is 803. The molecule has 1 fully saturated rings. The molecule has 0 aliphatic carbocycles. The van der Waals surface area contributed by atoms with Gasteiger partial charge in [-0.25, -0.2) is 8.42 Å². The van der Waals surface area contributed by atoms with E-state index < -0.39 is 38.8 Å². The van der Waals surface area contributed by atoms with E-state index in [0.29, 0.717) is 0 Å². The summed E-state index contributed by atoms with van der Waals surface area (Å²) in [7, 11) is -2.80. The average molecular weight is 338 g/mol. The summed E-state index contributed by atoms with van der Waals surface area (Å²) in [5.41, 5.74) is -0.488. The van der Waals surface area contributed by atoms with Crippen molar-refractivity contribution in [2.45, 2.75) is 29.5 Å². The van der Waals surface area contributed by atoms with Gasteiger partial charge in [-0.2, -0.15) is 4.31 Å². The molecule has 8 nitrogen and oxygen atoms in total. The van der Waals surface area contributed by atoms with Crippen molar-refractivity contribution in [3.05, 3.63) is 46.5 Å². The highest BCUT2D eigenvalue weighted by Gasteiger charge is 2.50. The van der Waals surface area contributed by atoms with E-state index in [1.54, 1.807) is 12.2 Å². The molecular weight excluding hydrogens is 324 g/mol. The molecule has 0 N–H and O–H groups in total. The monoisotopic (exact) mass is 338 g/mol. The molecule has 3 atom stereocenters. The normalized spacial score (nSPS) is 27.3. The molecule has 2 aliphatic rings. The quantitative estimate of drug-likeness (QED) is 0.458. The van der Waals surface area contributed by atoms with Gasteiger partial charge in [0.1, 0.15) is 6.10 Å². The van der Waals surface area contributed by atoms with E-state index in [2.05, 4.69) is 0 Å². The lowest BCUT2D eigenvalue weighted by Crippen LogP contribution is -2.55. The number of hydrogen-bond acceptors (Lipinski definition) is 6. The van der Waals surface area contributed by atoms with Gasteiger partial charge in [-0.3, -0.25) is 14.9 Å². The standard InChI is InChI=1S/C14H14N2O6S/c1-22-14-11-7-6-9(8-12(14)17)15(11)23(20,21)13-5-3-2-4-10(13)16(18)19/h2-7,9,11,14H,8H2,1H3. The van der Waals surface area contributed by atoms with Gasteiger partial charge in [0.25, 0.3) is 15.7 Å². The van der Waals surface area contributed by atoms with Gasteiger partial charge < -0.3 is 4.74 Å². The molecule has 122 valence electrons. The number of nitro groups is 1. The molecule has 2 bridgehead atoms. The number of fused-ring (bicyclic) bond motifs is 2. The summed E-state index contributed by atoms with van der Waals surface area (Å²) in [6.07, 6.45) is 2.33. The Morgan fingerprint density at radius 2 is 2.00 bits per heavy atom. The van der Waals surface area contributed by atoms with Gasteiger partial charge >= 0.3 is 0 Å². The molecule has 3 unspecified atom stereocenters. The first kappa shape index (κ1) is 15.8. The number of carbonyl (C=O) groups excluding carboxylic acids is 1. The third-order valence-corrected chi connectivity index (χ3v) is 6.03. The predicted octanol–water partition coefficient (Wildman–Crippen LogP) is 0.880. The maximum Gasteiger partial charge on any atom is 0.289 e. The molecule has 0 radical (unpaired) electrons. The van der Waals surface area contributed by atoms with Crippen molar-refractivity contribution in [1.82, 2.24) is 4.31 Å². The van der Waals surface area contributed by atoms with Crippen LogP contribution < -0.4 is 0 Å². The molecule has 0 aromatic heterocycles. The average Bonchev–Trinajstić information content (AvgIpc) is 2.85. The third-order valence-electron chi connectivity index (χ3n) is 4.06. The number of carbonyl (C=O) groups is 1. The van der Waals surface area contributed by atoms with E-state index in [0.717, 1.165) is 10.4 Å². The number of benzene rings is 1. The van der Waals surface area contributed by atoms with Gasteiger partial charge in [-0.15, -0.1) is 0 Å². The topological polar surface area (TPSA) is 107 Å². The van der Waals surface area contributed by atoms with Gasteiger partial charge in [-0.1, -0.05) is 24.3 Å². The zero-order valence-electron chi connectivity index (χ0n) is 12.2. The van der Waals surface area contributed by atoms with E-state index >= 15 is 0 Å². The summed E-state index contributed by atoms with van der Waals surface area (Å²) >= 11 is 0. The Balaban J connectivity index is 2.09. The summed E-state index contributed by atoms with van der Waals surface area (Å²) < 4.78 is 32.2. The number of piperidine rings is 1. The van der Waals surface area contributed by atoms with Crippen molar-refractivity contribution in [3.63, 3.8) is 0 Å². The fourth-order valence-corrected chi connectivity index (χ4v) is 4.97. The van der Waals surface area contributed by atoms with E-state index in [1.165, 1.54) is 25.3 Å². The molecule has 1 aromatic carbocycles. The lowest BCUT2D eigenvalue weighted by Gasteiger charge is -2.37. The van der Waals surface area contributed by atoms with Crippen LogP contribution in [-0.4, -0.2) is 48.7 Å². The largest absolute Gasteiger partial charge is 0.372 e. The van der Waals surface area contributed by atoms with Gasteiger partial charge in [0.05, 0.1) is 17.0 Å². The molecule has 1 aromatic rings. The Labute approximate surface area is 132 Å². The first-order chi connectivity index (χ1) is 10.9. The van der Waals surface area contributed by atoms with Crippen molar-refractivity contribution >= 4 is 21.5 Å². The van der Waals surface area contributed by atoms with Crippen LogP contribution in [0.4, 0.5) is 5.69 Å². The molecule has 0 saturated carbocycles. The fourth-order valence-electron chi connectivity index (χ4n) is 3.09. The molecule has 2 heterocycles. The highest BCUT2D eigenvalue weighted by Crippen LogP contribution is 2.37. The zero-order valence-corrected chi connectivity index (χ0v) is 13.0. The van der Waals surface area contributed by atoms with Crippen LogP contribution in [0.3, 0.4) is 0 Å². The Hall–Kier alpha value is -2.10. The number of hydrogen-bond donors (Lipinski definition) is 0. The third kappa shape index (κ3) is 2.37. The zero-order chi connectivity index (χ0) is 16.8. The minimum absolute atomic E-state index is 0.00856. The maximum absolute atomic E-state index is 13.0. The number of ketones is 1. The van der Waals surface area contributed by atoms with E-state index in [1.807, 2.05) is 0 Å². The van der Waals surface area contributed by atoms with Crippen LogP contribution in [0.15, 0.2) is 41.3 Å². The van der Waals surface area contributed by atoms with Crippen LogP contribution in [0.25, 0.3) is 0 Å². The molecule has 1 saturated heterocycles. The highest BCUT2D eigenvalue weighted by atomic mass is 32.2. The van der Waals surface area contributed by atoms with Crippen molar-refractivity contribution in [2.75, 3.05) is 7.11 Å². The number of methoxy groups -OCH3 is 1. The highest BCUT2D eigenvalue weighted by molar-refractivity contribution is 7.89. The van der Waals surface area contributed by atoms with Crippen molar-refractivity contribution in [2.24, 2.45) is 0 Å². The second kappa shape index (κ2) is 5.52. The number of nitro benzene ring substituents is 1. The molecule has 0 amide bonds. The number of sulfonamides is 1. The van der Waals surface area contributed by atoms with Crippen molar-refractivity contribution in [1.29, 1.82) is 0 Å². The molecular formula is C14H14N2O6S. The van der Waals surface area contributed by atoms with Crippen LogP contribution in [-0.2, 0) is 19.6 Å². The molecule has 2 aliphatic heterocycles. The minimum Gasteiger partial charge on any atom is -0.372 e. The lowest BCUT2D eigenvalue weighted by atomic mass is 10.00. The van der Waals surface area contributed by atoms with E-state index in [4.69, 9.17) is 4.74 Å². The smallest absolute Gasteiger partial charge is 0.289 e. The maximum atomic E-state index is 13.0. The second-order valence-corrected chi connectivity index (χ2v) is 7.14. The van der Waals surface area contributed by atoms with Crippen LogP contribution in [0.5, 0.6) is 0 Å². The molecule has 9 heteroatoms. The van der Waals surface area contributed by atoms with E-state index in [-0.39, 0.29) is 17.1 Å². The van der Waals surface area contributed by atoms with Crippen LogP contribution in [0, 0.1) is 10.1 Å². The number of Topliss-reactive ketones (excluding diaryl/α,β-unsaturated/α-hetero) is 1. The Kier molecular flexibility index (Phi) is 3.78. The van der Waals surface area contributed by atoms with Gasteiger partial charge in [0.2, 0.25) is 0 Å². The minimum atomic E-state index is -4.14. The van der Waals surface area contributed by atoms with Crippen LogP contribution >= 0.6 is 0 Å². The summed E-state index contributed by atoms with van der Waals surface area (Å²) in [6, 6.07) is 3.76. The summed E-state index contributed by atoms with van der Waals surface area (Å²) in [5, 5.41) is 11.1. The van der Waals surface area contributed by atoms with E-state index in [9.17, 15) is 23.3 Å². The first-order valence-corrected chi connectivity index (χ1v) is 8.32. The fraction of sp³-hybridized carbons (Fsp3) is 0.357. The van der Waals surface area contributed by atoms with Gasteiger partial charge in [0, 0.05) is 19.6 Å². The summed E-state index contributed by atoms with van der Waals surface area (Å²) in [6.45, 7) is 0. The number of rotatable bonds is 4. The first-order valence-electron chi connectivity index (χ1n) is 6.88. The SMILES string of the molecule is COC1C(=O)CC2C=CC1N2S(=O)(=O)c1ccccc1[N+](=O)[O-]. The molecule has 3 rings (SSSR count). The number of ether oxygens (including phenoxy) is 1. The van der Waals surface area contributed by atoms with Crippen LogP contribution in [0.2, 0.25) is 0 Å². The molecule has 0 spiro atoms.